The minimum atomic E-state index is 0.194. The summed E-state index contributed by atoms with van der Waals surface area (Å²) in [5.74, 6) is 4.11. The summed E-state index contributed by atoms with van der Waals surface area (Å²) in [4.78, 5) is 15.2. The molecule has 2 atom stereocenters. The molecule has 5 aliphatic rings. The molecule has 1 amide bonds. The average molecular weight is 277 g/mol. The van der Waals surface area contributed by atoms with Gasteiger partial charge in [-0.15, -0.1) is 0 Å². The molecule has 2 unspecified atom stereocenters. The van der Waals surface area contributed by atoms with Crippen LogP contribution in [0.1, 0.15) is 46.0 Å². The van der Waals surface area contributed by atoms with E-state index in [2.05, 4.69) is 18.7 Å². The SMILES string of the molecule is CC1CN(C(=O)C2C3CC4CC(C3)CC2C4)CC(C)O1. The first-order chi connectivity index (χ1) is 9.60. The van der Waals surface area contributed by atoms with Gasteiger partial charge in [0, 0.05) is 19.0 Å². The second-order valence-corrected chi connectivity index (χ2v) is 7.96. The van der Waals surface area contributed by atoms with Crippen molar-refractivity contribution in [3.8, 4) is 0 Å². The van der Waals surface area contributed by atoms with Crippen LogP contribution in [-0.4, -0.2) is 36.1 Å². The number of ether oxygens (including phenoxy) is 1. The van der Waals surface area contributed by atoms with Gasteiger partial charge in [0.1, 0.15) is 0 Å². The summed E-state index contributed by atoms with van der Waals surface area (Å²) in [5.41, 5.74) is 0. The monoisotopic (exact) mass is 277 g/mol. The second kappa shape index (κ2) is 4.72. The number of hydrogen-bond donors (Lipinski definition) is 0. The maximum absolute atomic E-state index is 13.0. The zero-order valence-electron chi connectivity index (χ0n) is 12.8. The van der Waals surface area contributed by atoms with Crippen LogP contribution >= 0.6 is 0 Å². The van der Waals surface area contributed by atoms with Gasteiger partial charge in [0.2, 0.25) is 5.91 Å². The molecular weight excluding hydrogens is 250 g/mol. The molecule has 5 fully saturated rings. The molecule has 1 heterocycles. The van der Waals surface area contributed by atoms with Crippen molar-refractivity contribution in [1.29, 1.82) is 0 Å². The smallest absolute Gasteiger partial charge is 0.226 e. The van der Waals surface area contributed by atoms with Gasteiger partial charge in [0.05, 0.1) is 12.2 Å². The van der Waals surface area contributed by atoms with Crippen molar-refractivity contribution in [2.75, 3.05) is 13.1 Å². The van der Waals surface area contributed by atoms with Crippen LogP contribution in [0.4, 0.5) is 0 Å². The second-order valence-electron chi connectivity index (χ2n) is 7.96. The van der Waals surface area contributed by atoms with E-state index in [0.29, 0.717) is 23.7 Å². The molecule has 0 radical (unpaired) electrons. The zero-order chi connectivity index (χ0) is 13.9. The highest BCUT2D eigenvalue weighted by Gasteiger charge is 2.51. The molecule has 0 aromatic carbocycles. The maximum atomic E-state index is 13.0. The van der Waals surface area contributed by atoms with Crippen molar-refractivity contribution >= 4 is 5.91 Å². The molecule has 0 aromatic heterocycles. The van der Waals surface area contributed by atoms with E-state index in [-0.39, 0.29) is 12.2 Å². The summed E-state index contributed by atoms with van der Waals surface area (Å²) in [6, 6.07) is 0. The van der Waals surface area contributed by atoms with E-state index in [9.17, 15) is 4.79 Å². The number of morpholine rings is 1. The van der Waals surface area contributed by atoms with Crippen molar-refractivity contribution in [2.24, 2.45) is 29.6 Å². The number of nitrogens with zero attached hydrogens (tertiary/aromatic N) is 1. The third kappa shape index (κ3) is 2.09. The van der Waals surface area contributed by atoms with Crippen LogP contribution in [0.2, 0.25) is 0 Å². The van der Waals surface area contributed by atoms with Crippen molar-refractivity contribution in [1.82, 2.24) is 4.90 Å². The molecule has 1 saturated heterocycles. The van der Waals surface area contributed by atoms with Gasteiger partial charge in [0.25, 0.3) is 0 Å². The Morgan fingerprint density at radius 1 is 0.900 bits per heavy atom. The van der Waals surface area contributed by atoms with Crippen LogP contribution in [0.3, 0.4) is 0 Å². The fraction of sp³-hybridized carbons (Fsp3) is 0.941. The third-order valence-corrected chi connectivity index (χ3v) is 6.24. The number of hydrogen-bond acceptors (Lipinski definition) is 2. The summed E-state index contributed by atoms with van der Waals surface area (Å²) in [6.45, 7) is 5.78. The predicted octanol–water partition coefficient (Wildman–Crippen LogP) is 2.69. The largest absolute Gasteiger partial charge is 0.372 e. The normalized spacial score (nSPS) is 50.5. The van der Waals surface area contributed by atoms with Gasteiger partial charge in [-0.25, -0.2) is 0 Å². The predicted molar refractivity (Wildman–Crippen MR) is 77.1 cm³/mol. The fourth-order valence-electron chi connectivity index (χ4n) is 5.90. The molecule has 0 spiro atoms. The van der Waals surface area contributed by atoms with Crippen molar-refractivity contribution in [2.45, 2.75) is 58.2 Å². The number of rotatable bonds is 1. The Morgan fingerprint density at radius 2 is 1.40 bits per heavy atom. The van der Waals surface area contributed by atoms with E-state index in [0.717, 1.165) is 24.9 Å². The summed E-state index contributed by atoms with van der Waals surface area (Å²) in [7, 11) is 0. The Kier molecular flexibility index (Phi) is 3.10. The quantitative estimate of drug-likeness (QED) is 0.737. The first kappa shape index (κ1) is 13.1. The van der Waals surface area contributed by atoms with Gasteiger partial charge in [0.15, 0.2) is 0 Å². The Balaban J connectivity index is 1.51. The summed E-state index contributed by atoms with van der Waals surface area (Å²) in [6.07, 6.45) is 7.17. The lowest BCUT2D eigenvalue weighted by molar-refractivity contribution is -0.159. The Hall–Kier alpha value is -0.570. The lowest BCUT2D eigenvalue weighted by Gasteiger charge is -2.54. The molecule has 5 rings (SSSR count). The molecule has 4 bridgehead atoms. The van der Waals surface area contributed by atoms with Crippen molar-refractivity contribution < 1.29 is 9.53 Å². The molecule has 3 nitrogen and oxygen atoms in total. The lowest BCUT2D eigenvalue weighted by Crippen LogP contribution is -2.56. The lowest BCUT2D eigenvalue weighted by atomic mass is 9.51. The van der Waals surface area contributed by atoms with E-state index in [4.69, 9.17) is 4.74 Å². The van der Waals surface area contributed by atoms with Crippen molar-refractivity contribution in [3.05, 3.63) is 0 Å². The minimum absolute atomic E-state index is 0.194. The van der Waals surface area contributed by atoms with Gasteiger partial charge < -0.3 is 9.64 Å². The molecule has 112 valence electrons. The van der Waals surface area contributed by atoms with E-state index < -0.39 is 0 Å². The van der Waals surface area contributed by atoms with Crippen LogP contribution in [0.5, 0.6) is 0 Å². The van der Waals surface area contributed by atoms with Crippen molar-refractivity contribution in [3.63, 3.8) is 0 Å². The summed E-state index contributed by atoms with van der Waals surface area (Å²) in [5, 5.41) is 0. The van der Waals surface area contributed by atoms with Gasteiger partial charge in [-0.2, -0.15) is 0 Å². The molecule has 0 N–H and O–H groups in total. The summed E-state index contributed by atoms with van der Waals surface area (Å²) >= 11 is 0. The molecule has 1 aliphatic heterocycles. The van der Waals surface area contributed by atoms with Crippen LogP contribution in [0, 0.1) is 29.6 Å². The summed E-state index contributed by atoms with van der Waals surface area (Å²) < 4.78 is 5.78. The molecule has 4 aliphatic carbocycles. The molecule has 0 aromatic rings. The first-order valence-corrected chi connectivity index (χ1v) is 8.54. The highest BCUT2D eigenvalue weighted by molar-refractivity contribution is 5.80. The molecule has 4 saturated carbocycles. The van der Waals surface area contributed by atoms with E-state index in [1.54, 1.807) is 0 Å². The topological polar surface area (TPSA) is 29.5 Å². The van der Waals surface area contributed by atoms with E-state index in [1.807, 2.05) is 0 Å². The Bertz CT molecular complexity index is 370. The minimum Gasteiger partial charge on any atom is -0.372 e. The first-order valence-electron chi connectivity index (χ1n) is 8.54. The molecule has 3 heteroatoms. The third-order valence-electron chi connectivity index (χ3n) is 6.24. The van der Waals surface area contributed by atoms with Crippen LogP contribution in [-0.2, 0) is 9.53 Å². The highest BCUT2D eigenvalue weighted by atomic mass is 16.5. The Morgan fingerprint density at radius 3 is 1.90 bits per heavy atom. The van der Waals surface area contributed by atoms with Gasteiger partial charge in [-0.05, 0) is 69.6 Å². The van der Waals surface area contributed by atoms with E-state index >= 15 is 0 Å². The zero-order valence-corrected chi connectivity index (χ0v) is 12.8. The molecular formula is C17H27NO2. The average Bonchev–Trinajstić information content (AvgIpc) is 2.35. The fourth-order valence-corrected chi connectivity index (χ4v) is 5.90. The maximum Gasteiger partial charge on any atom is 0.226 e. The molecule has 20 heavy (non-hydrogen) atoms. The van der Waals surface area contributed by atoms with E-state index in [1.165, 1.54) is 32.1 Å². The van der Waals surface area contributed by atoms with Crippen LogP contribution < -0.4 is 0 Å². The Labute approximate surface area is 122 Å². The van der Waals surface area contributed by atoms with Gasteiger partial charge >= 0.3 is 0 Å². The van der Waals surface area contributed by atoms with Gasteiger partial charge in [-0.3, -0.25) is 4.79 Å². The van der Waals surface area contributed by atoms with Crippen LogP contribution in [0.15, 0.2) is 0 Å². The number of carbonyl (C=O) groups excluding carboxylic acids is 1. The highest BCUT2D eigenvalue weighted by Crippen LogP contribution is 2.56. The van der Waals surface area contributed by atoms with Gasteiger partial charge in [-0.1, -0.05) is 0 Å². The number of carbonyl (C=O) groups is 1. The van der Waals surface area contributed by atoms with Crippen LogP contribution in [0.25, 0.3) is 0 Å². The standard InChI is InChI=1S/C17H27NO2/c1-10-8-18(9-11(2)20-10)17(19)16-14-4-12-3-13(6-14)7-15(16)5-12/h10-16H,3-9H2,1-2H3. The number of amides is 1.